The van der Waals surface area contributed by atoms with E-state index in [0.717, 1.165) is 34.4 Å². The number of aromatic hydroxyl groups is 1. The number of fused-ring (bicyclic) bond motifs is 1. The van der Waals surface area contributed by atoms with Crippen molar-refractivity contribution >= 4 is 11.9 Å². The third-order valence-electron chi connectivity index (χ3n) is 4.05. The molecular weight excluding hydrogens is 276 g/mol. The van der Waals surface area contributed by atoms with Crippen LogP contribution in [0.5, 0.6) is 11.5 Å². The van der Waals surface area contributed by atoms with Crippen LogP contribution >= 0.6 is 0 Å². The van der Waals surface area contributed by atoms with E-state index in [4.69, 9.17) is 4.74 Å². The van der Waals surface area contributed by atoms with E-state index >= 15 is 0 Å². The van der Waals surface area contributed by atoms with Crippen LogP contribution in [0, 0.1) is 6.92 Å². The number of allylic oxidation sites excluding steroid dienone is 1. The molecule has 3 rings (SSSR count). The van der Waals surface area contributed by atoms with Crippen molar-refractivity contribution in [1.29, 1.82) is 0 Å². The van der Waals surface area contributed by atoms with Gasteiger partial charge in [-0.25, -0.2) is 0 Å². The third kappa shape index (κ3) is 2.62. The van der Waals surface area contributed by atoms with Crippen molar-refractivity contribution in [3.05, 3.63) is 64.2 Å². The fraction of sp³-hybridized carbons (Fsp3) is 0.211. The lowest BCUT2D eigenvalue weighted by Crippen LogP contribution is -2.13. The van der Waals surface area contributed by atoms with Crippen molar-refractivity contribution in [2.24, 2.45) is 0 Å². The fourth-order valence-corrected chi connectivity index (χ4v) is 2.89. The van der Waals surface area contributed by atoms with Gasteiger partial charge in [0.05, 0.1) is 7.11 Å². The minimum absolute atomic E-state index is 0.0507. The number of rotatable bonds is 2. The van der Waals surface area contributed by atoms with Crippen molar-refractivity contribution in [3.63, 3.8) is 0 Å². The van der Waals surface area contributed by atoms with Crippen LogP contribution in [0.15, 0.2) is 42.0 Å². The molecule has 0 unspecified atom stereocenters. The van der Waals surface area contributed by atoms with Gasteiger partial charge in [-0.3, -0.25) is 4.79 Å². The van der Waals surface area contributed by atoms with Crippen LogP contribution in [0.4, 0.5) is 0 Å². The van der Waals surface area contributed by atoms with Gasteiger partial charge in [-0.2, -0.15) is 0 Å². The van der Waals surface area contributed by atoms with Crippen molar-refractivity contribution in [1.82, 2.24) is 0 Å². The summed E-state index contributed by atoms with van der Waals surface area (Å²) in [5.41, 5.74) is 4.48. The molecule has 0 amide bonds. The highest BCUT2D eigenvalue weighted by atomic mass is 16.5. The van der Waals surface area contributed by atoms with Gasteiger partial charge in [-0.05, 0) is 72.9 Å². The van der Waals surface area contributed by atoms with Gasteiger partial charge in [0, 0.05) is 11.1 Å². The molecule has 0 radical (unpaired) electrons. The average molecular weight is 294 g/mol. The van der Waals surface area contributed by atoms with Crippen molar-refractivity contribution in [2.75, 3.05) is 7.11 Å². The Labute approximate surface area is 129 Å². The zero-order chi connectivity index (χ0) is 15.7. The molecule has 112 valence electrons. The van der Waals surface area contributed by atoms with E-state index < -0.39 is 0 Å². The zero-order valence-electron chi connectivity index (χ0n) is 12.7. The van der Waals surface area contributed by atoms with E-state index in [1.165, 1.54) is 0 Å². The van der Waals surface area contributed by atoms with Gasteiger partial charge < -0.3 is 9.84 Å². The van der Waals surface area contributed by atoms with E-state index in [-0.39, 0.29) is 11.5 Å². The number of hydrogen-bond donors (Lipinski definition) is 1. The highest BCUT2D eigenvalue weighted by Gasteiger charge is 2.22. The van der Waals surface area contributed by atoms with Crippen LogP contribution in [-0.4, -0.2) is 18.0 Å². The monoisotopic (exact) mass is 294 g/mol. The highest BCUT2D eigenvalue weighted by Crippen LogP contribution is 2.29. The number of Topliss-reactive ketones (excluding diaryl/α,β-unsaturated/α-hetero) is 1. The van der Waals surface area contributed by atoms with E-state index in [9.17, 15) is 9.90 Å². The first-order chi connectivity index (χ1) is 10.6. The van der Waals surface area contributed by atoms with Crippen LogP contribution in [0.1, 0.15) is 33.5 Å². The Balaban J connectivity index is 1.94. The Bertz CT molecular complexity index is 772. The molecule has 1 aliphatic rings. The summed E-state index contributed by atoms with van der Waals surface area (Å²) in [4.78, 5) is 12.6. The van der Waals surface area contributed by atoms with Gasteiger partial charge in [-0.1, -0.05) is 6.07 Å². The summed E-state index contributed by atoms with van der Waals surface area (Å²) < 4.78 is 5.26. The molecule has 0 atom stereocenters. The molecule has 1 aliphatic carbocycles. The molecule has 0 bridgehead atoms. The molecule has 3 heteroatoms. The first-order valence-electron chi connectivity index (χ1n) is 7.30. The van der Waals surface area contributed by atoms with Crippen LogP contribution in [0.2, 0.25) is 0 Å². The van der Waals surface area contributed by atoms with E-state index in [0.29, 0.717) is 12.0 Å². The summed E-state index contributed by atoms with van der Waals surface area (Å²) in [6, 6.07) is 10.9. The third-order valence-corrected chi connectivity index (χ3v) is 4.05. The molecule has 0 saturated carbocycles. The van der Waals surface area contributed by atoms with Crippen LogP contribution in [0.3, 0.4) is 0 Å². The SMILES string of the molecule is COc1ccc(/C=C2\CCc3cc(O)ccc3C2=O)cc1C. The average Bonchev–Trinajstić information content (AvgIpc) is 2.50. The first-order valence-corrected chi connectivity index (χ1v) is 7.30. The molecule has 0 aliphatic heterocycles. The number of hydrogen-bond acceptors (Lipinski definition) is 3. The number of carbonyl (C=O) groups excluding carboxylic acids is 1. The summed E-state index contributed by atoms with van der Waals surface area (Å²) in [6.07, 6.45) is 3.42. The summed E-state index contributed by atoms with van der Waals surface area (Å²) >= 11 is 0. The normalized spacial score (nSPS) is 15.7. The first kappa shape index (κ1) is 14.4. The van der Waals surface area contributed by atoms with Crippen LogP contribution in [0.25, 0.3) is 6.08 Å². The molecule has 0 spiro atoms. The number of benzene rings is 2. The Morgan fingerprint density at radius 2 is 1.95 bits per heavy atom. The second-order valence-electron chi connectivity index (χ2n) is 5.57. The van der Waals surface area contributed by atoms with Gasteiger partial charge in [0.2, 0.25) is 0 Å². The second kappa shape index (κ2) is 5.68. The summed E-state index contributed by atoms with van der Waals surface area (Å²) in [7, 11) is 1.65. The lowest BCUT2D eigenvalue weighted by Gasteiger charge is -2.17. The van der Waals surface area contributed by atoms with Crippen LogP contribution in [-0.2, 0) is 6.42 Å². The summed E-state index contributed by atoms with van der Waals surface area (Å²) in [5, 5.41) is 9.52. The maximum atomic E-state index is 12.6. The number of methoxy groups -OCH3 is 1. The molecule has 0 aromatic heterocycles. The lowest BCUT2D eigenvalue weighted by atomic mass is 9.86. The molecule has 2 aromatic rings. The molecule has 0 heterocycles. The van der Waals surface area contributed by atoms with Gasteiger partial charge in [-0.15, -0.1) is 0 Å². The van der Waals surface area contributed by atoms with Gasteiger partial charge >= 0.3 is 0 Å². The quantitative estimate of drug-likeness (QED) is 0.854. The summed E-state index contributed by atoms with van der Waals surface area (Å²) in [6.45, 7) is 1.99. The molecule has 2 aromatic carbocycles. The topological polar surface area (TPSA) is 46.5 Å². The molecule has 1 N–H and O–H groups in total. The minimum Gasteiger partial charge on any atom is -0.508 e. The zero-order valence-corrected chi connectivity index (χ0v) is 12.7. The Morgan fingerprint density at radius 1 is 1.14 bits per heavy atom. The van der Waals surface area contributed by atoms with Gasteiger partial charge in [0.25, 0.3) is 0 Å². The molecular formula is C19H18O3. The Hall–Kier alpha value is -2.55. The maximum absolute atomic E-state index is 12.6. The number of phenolic OH excluding ortho intramolecular Hbond substituents is 1. The van der Waals surface area contributed by atoms with E-state index in [1.807, 2.05) is 31.2 Å². The van der Waals surface area contributed by atoms with Crippen molar-refractivity contribution in [2.45, 2.75) is 19.8 Å². The van der Waals surface area contributed by atoms with Crippen LogP contribution < -0.4 is 4.74 Å². The predicted octanol–water partition coefficient (Wildman–Crippen LogP) is 3.92. The Morgan fingerprint density at radius 3 is 2.68 bits per heavy atom. The number of aryl methyl sites for hydroxylation is 2. The van der Waals surface area contributed by atoms with Gasteiger partial charge in [0.1, 0.15) is 11.5 Å². The van der Waals surface area contributed by atoms with Crippen molar-refractivity contribution in [3.8, 4) is 11.5 Å². The minimum atomic E-state index is 0.0507. The highest BCUT2D eigenvalue weighted by molar-refractivity contribution is 6.13. The number of ether oxygens (including phenoxy) is 1. The van der Waals surface area contributed by atoms with E-state index in [2.05, 4.69) is 0 Å². The maximum Gasteiger partial charge on any atom is 0.189 e. The standard InChI is InChI=1S/C19H18O3/c1-12-9-13(3-8-18(12)22-2)10-15-5-4-14-11-16(20)6-7-17(14)19(15)21/h3,6-11,20H,4-5H2,1-2H3/b15-10+. The molecule has 3 nitrogen and oxygen atoms in total. The van der Waals surface area contributed by atoms with Gasteiger partial charge in [0.15, 0.2) is 5.78 Å². The predicted molar refractivity (Wildman–Crippen MR) is 86.5 cm³/mol. The Kier molecular flexibility index (Phi) is 3.72. The molecule has 22 heavy (non-hydrogen) atoms. The smallest absolute Gasteiger partial charge is 0.189 e. The molecule has 0 fully saturated rings. The fourth-order valence-electron chi connectivity index (χ4n) is 2.89. The number of ketones is 1. The second-order valence-corrected chi connectivity index (χ2v) is 5.57. The van der Waals surface area contributed by atoms with Crippen molar-refractivity contribution < 1.29 is 14.6 Å². The largest absolute Gasteiger partial charge is 0.508 e. The summed E-state index contributed by atoms with van der Waals surface area (Å²) in [5.74, 6) is 1.11. The lowest BCUT2D eigenvalue weighted by molar-refractivity contribution is 0.102. The molecule has 0 saturated heterocycles. The number of phenols is 1. The number of carbonyl (C=O) groups is 1. The van der Waals surface area contributed by atoms with E-state index in [1.54, 1.807) is 25.3 Å².